The minimum atomic E-state index is -0.0500. The van der Waals surface area contributed by atoms with Gasteiger partial charge < -0.3 is 24.5 Å². The van der Waals surface area contributed by atoms with Gasteiger partial charge in [-0.3, -0.25) is 4.79 Å². The maximum atomic E-state index is 12.1. The van der Waals surface area contributed by atoms with Gasteiger partial charge in [0.2, 0.25) is 0 Å². The molecule has 2 N–H and O–H groups in total. The minimum Gasteiger partial charge on any atom is -0.469 e. The van der Waals surface area contributed by atoms with Gasteiger partial charge in [0, 0.05) is 25.7 Å². The summed E-state index contributed by atoms with van der Waals surface area (Å²) in [4.78, 5) is 14.4. The summed E-state index contributed by atoms with van der Waals surface area (Å²) >= 11 is 0. The van der Waals surface area contributed by atoms with Crippen LogP contribution in [0.1, 0.15) is 29.0 Å². The van der Waals surface area contributed by atoms with Crippen molar-refractivity contribution in [3.8, 4) is 0 Å². The van der Waals surface area contributed by atoms with Crippen molar-refractivity contribution in [3.05, 3.63) is 23.7 Å². The maximum Gasteiger partial charge on any atom is 0.255 e. The Kier molecular flexibility index (Phi) is 6.22. The fraction of sp³-hybridized carbons (Fsp3) is 0.667. The molecule has 2 rings (SSSR count). The van der Waals surface area contributed by atoms with Gasteiger partial charge >= 0.3 is 0 Å². The third kappa shape index (κ3) is 4.84. The number of furan rings is 1. The first-order valence-electron chi connectivity index (χ1n) is 7.46. The predicted molar refractivity (Wildman–Crippen MR) is 78.3 cm³/mol. The lowest BCUT2D eigenvalue weighted by Gasteiger charge is -2.32. The normalized spacial score (nSPS) is 17.0. The number of aliphatic hydroxyl groups excluding tert-OH is 1. The summed E-state index contributed by atoms with van der Waals surface area (Å²) in [5.41, 5.74) is 0.620. The van der Waals surface area contributed by atoms with E-state index in [2.05, 4.69) is 10.2 Å². The number of amides is 1. The molecular weight excluding hydrogens is 272 g/mol. The van der Waals surface area contributed by atoms with E-state index in [9.17, 15) is 4.79 Å². The van der Waals surface area contributed by atoms with Crippen LogP contribution in [0.4, 0.5) is 0 Å². The Morgan fingerprint density at radius 2 is 2.24 bits per heavy atom. The number of nitrogens with one attached hydrogen (secondary N) is 1. The largest absolute Gasteiger partial charge is 0.469 e. The fourth-order valence-electron chi connectivity index (χ4n) is 2.54. The molecule has 1 aliphatic heterocycles. The predicted octanol–water partition coefficient (Wildman–Crippen LogP) is 0.791. The lowest BCUT2D eigenvalue weighted by atomic mass is 10.0. The maximum absolute atomic E-state index is 12.1. The molecule has 1 fully saturated rings. The number of likely N-dealkylation sites (tertiary alicyclic amines) is 1. The fourth-order valence-corrected chi connectivity index (χ4v) is 2.54. The Hall–Kier alpha value is -1.37. The molecule has 0 saturated carbocycles. The number of nitrogens with zero attached hydrogens (tertiary/aromatic N) is 1. The Bertz CT molecular complexity index is 439. The zero-order valence-corrected chi connectivity index (χ0v) is 12.5. The Morgan fingerprint density at radius 3 is 2.86 bits per heavy atom. The van der Waals surface area contributed by atoms with Crippen molar-refractivity contribution in [2.75, 3.05) is 39.5 Å². The Morgan fingerprint density at radius 1 is 1.48 bits per heavy atom. The van der Waals surface area contributed by atoms with E-state index in [1.54, 1.807) is 19.3 Å². The van der Waals surface area contributed by atoms with E-state index in [0.29, 0.717) is 24.5 Å². The molecule has 2 heterocycles. The standard InChI is InChI=1S/C15H24N2O4/c1-12-14(4-9-21-12)15(19)16-13-2-5-17(6-3-13)7-10-20-11-8-18/h4,9,13,18H,2-3,5-8,10-11H2,1H3,(H,16,19). The van der Waals surface area contributed by atoms with Gasteiger partial charge in [-0.05, 0) is 25.8 Å². The van der Waals surface area contributed by atoms with E-state index in [1.165, 1.54) is 0 Å². The van der Waals surface area contributed by atoms with Gasteiger partial charge in [0.1, 0.15) is 5.76 Å². The number of aryl methyl sites for hydroxylation is 1. The van der Waals surface area contributed by atoms with E-state index in [0.717, 1.165) is 32.5 Å². The lowest BCUT2D eigenvalue weighted by molar-refractivity contribution is 0.0657. The zero-order chi connectivity index (χ0) is 15.1. The number of carbonyl (C=O) groups excluding carboxylic acids is 1. The summed E-state index contributed by atoms with van der Waals surface area (Å²) in [5, 5.41) is 11.7. The molecule has 6 nitrogen and oxygen atoms in total. The SMILES string of the molecule is Cc1occc1C(=O)NC1CCN(CCOCCO)CC1. The highest BCUT2D eigenvalue weighted by Gasteiger charge is 2.22. The van der Waals surface area contributed by atoms with Crippen molar-refractivity contribution in [2.45, 2.75) is 25.8 Å². The van der Waals surface area contributed by atoms with Crippen LogP contribution < -0.4 is 5.32 Å². The first kappa shape index (κ1) is 16.0. The summed E-state index contributed by atoms with van der Waals surface area (Å²) in [6, 6.07) is 1.93. The van der Waals surface area contributed by atoms with Crippen LogP contribution >= 0.6 is 0 Å². The quantitative estimate of drug-likeness (QED) is 0.728. The summed E-state index contributed by atoms with van der Waals surface area (Å²) in [6.07, 6.45) is 3.44. The van der Waals surface area contributed by atoms with Gasteiger partial charge in [0.25, 0.3) is 5.91 Å². The molecule has 1 aliphatic rings. The zero-order valence-electron chi connectivity index (χ0n) is 12.5. The summed E-state index contributed by atoms with van der Waals surface area (Å²) in [6.45, 7) is 5.70. The highest BCUT2D eigenvalue weighted by molar-refractivity contribution is 5.95. The second-order valence-electron chi connectivity index (χ2n) is 5.32. The number of piperidine rings is 1. The van der Waals surface area contributed by atoms with Gasteiger partial charge in [0.15, 0.2) is 0 Å². The molecule has 0 radical (unpaired) electrons. The second-order valence-corrected chi connectivity index (χ2v) is 5.32. The number of hydrogen-bond donors (Lipinski definition) is 2. The summed E-state index contributed by atoms with van der Waals surface area (Å²) in [7, 11) is 0. The molecule has 118 valence electrons. The van der Waals surface area contributed by atoms with Gasteiger partial charge in [-0.25, -0.2) is 0 Å². The van der Waals surface area contributed by atoms with E-state index < -0.39 is 0 Å². The molecular formula is C15H24N2O4. The van der Waals surface area contributed by atoms with Crippen LogP contribution in [0.3, 0.4) is 0 Å². The molecule has 0 atom stereocenters. The van der Waals surface area contributed by atoms with Crippen LogP contribution in [-0.4, -0.2) is 61.4 Å². The molecule has 1 amide bonds. The molecule has 6 heteroatoms. The van der Waals surface area contributed by atoms with E-state index in [1.807, 2.05) is 0 Å². The molecule has 0 bridgehead atoms. The van der Waals surface area contributed by atoms with Crippen LogP contribution in [0.2, 0.25) is 0 Å². The van der Waals surface area contributed by atoms with Crippen molar-refractivity contribution in [2.24, 2.45) is 0 Å². The average Bonchev–Trinajstić information content (AvgIpc) is 2.91. The molecule has 0 unspecified atom stereocenters. The third-order valence-electron chi connectivity index (χ3n) is 3.81. The molecule has 0 aromatic carbocycles. The van der Waals surface area contributed by atoms with Gasteiger partial charge in [-0.1, -0.05) is 0 Å². The average molecular weight is 296 g/mol. The number of carbonyl (C=O) groups is 1. The highest BCUT2D eigenvalue weighted by atomic mass is 16.5. The highest BCUT2D eigenvalue weighted by Crippen LogP contribution is 2.13. The van der Waals surface area contributed by atoms with Crippen LogP contribution in [0, 0.1) is 6.92 Å². The van der Waals surface area contributed by atoms with E-state index in [-0.39, 0.29) is 18.6 Å². The van der Waals surface area contributed by atoms with Gasteiger partial charge in [-0.15, -0.1) is 0 Å². The van der Waals surface area contributed by atoms with E-state index in [4.69, 9.17) is 14.3 Å². The van der Waals surface area contributed by atoms with Gasteiger partial charge in [-0.2, -0.15) is 0 Å². The van der Waals surface area contributed by atoms with Crippen LogP contribution in [-0.2, 0) is 4.74 Å². The topological polar surface area (TPSA) is 74.9 Å². The molecule has 1 aromatic heterocycles. The van der Waals surface area contributed by atoms with Crippen molar-refractivity contribution in [1.82, 2.24) is 10.2 Å². The number of ether oxygens (including phenoxy) is 1. The molecule has 1 saturated heterocycles. The van der Waals surface area contributed by atoms with Crippen LogP contribution in [0.5, 0.6) is 0 Å². The summed E-state index contributed by atoms with van der Waals surface area (Å²) in [5.74, 6) is 0.608. The minimum absolute atomic E-state index is 0.0500. The second kappa shape index (κ2) is 8.17. The number of rotatable bonds is 7. The number of aliphatic hydroxyl groups is 1. The van der Waals surface area contributed by atoms with Crippen molar-refractivity contribution < 1.29 is 19.1 Å². The Balaban J connectivity index is 1.67. The van der Waals surface area contributed by atoms with Gasteiger partial charge in [0.05, 0.1) is 31.6 Å². The number of hydrogen-bond acceptors (Lipinski definition) is 5. The Labute approximate surface area is 125 Å². The first-order chi connectivity index (χ1) is 10.2. The van der Waals surface area contributed by atoms with Crippen molar-refractivity contribution in [3.63, 3.8) is 0 Å². The lowest BCUT2D eigenvalue weighted by Crippen LogP contribution is -2.45. The third-order valence-corrected chi connectivity index (χ3v) is 3.81. The summed E-state index contributed by atoms with van der Waals surface area (Å²) < 4.78 is 10.4. The molecule has 0 spiro atoms. The monoisotopic (exact) mass is 296 g/mol. The molecule has 1 aromatic rings. The van der Waals surface area contributed by atoms with E-state index >= 15 is 0 Å². The first-order valence-corrected chi connectivity index (χ1v) is 7.46. The van der Waals surface area contributed by atoms with Crippen LogP contribution in [0.15, 0.2) is 16.7 Å². The van der Waals surface area contributed by atoms with Crippen LogP contribution in [0.25, 0.3) is 0 Å². The smallest absolute Gasteiger partial charge is 0.255 e. The van der Waals surface area contributed by atoms with Crippen molar-refractivity contribution in [1.29, 1.82) is 0 Å². The van der Waals surface area contributed by atoms with Crippen molar-refractivity contribution >= 4 is 5.91 Å². The molecule has 21 heavy (non-hydrogen) atoms. The molecule has 0 aliphatic carbocycles.